The molecule has 3 aromatic rings. The van der Waals surface area contributed by atoms with Crippen LogP contribution in [0.3, 0.4) is 0 Å². The van der Waals surface area contributed by atoms with Crippen LogP contribution in [-0.4, -0.2) is 10.9 Å². The Labute approximate surface area is 168 Å². The average molecular weight is 417 g/mol. The molecule has 0 aliphatic rings. The van der Waals surface area contributed by atoms with Gasteiger partial charge in [-0.15, -0.1) is 0 Å². The quantitative estimate of drug-likeness (QED) is 0.443. The van der Waals surface area contributed by atoms with Gasteiger partial charge < -0.3 is 10.6 Å². The number of amides is 1. The number of carbonyl (C=O) groups is 1. The van der Waals surface area contributed by atoms with E-state index in [1.165, 1.54) is 12.3 Å². The van der Waals surface area contributed by atoms with Gasteiger partial charge >= 0.3 is 6.18 Å². The van der Waals surface area contributed by atoms with E-state index in [4.69, 9.17) is 11.6 Å². The molecule has 29 heavy (non-hydrogen) atoms. The third-order valence-electron chi connectivity index (χ3n) is 3.90. The highest BCUT2D eigenvalue weighted by Crippen LogP contribution is 2.36. The standard InChI is InChI=1S/C20H12ClF3N4O/c21-16-7-6-14(9-15(16)20(22,23)24)28-19(29)13(10-25)11-27-17-5-1-3-12-4-2-8-26-18(12)17/h1-9,11,27H,(H,28,29)/b13-11-. The molecule has 1 amide bonds. The van der Waals surface area contributed by atoms with Crippen LogP contribution in [0.15, 0.2) is 66.5 Å². The van der Waals surface area contributed by atoms with Crippen LogP contribution in [0.2, 0.25) is 5.02 Å². The van der Waals surface area contributed by atoms with E-state index in [9.17, 15) is 23.2 Å². The van der Waals surface area contributed by atoms with Crippen molar-refractivity contribution in [1.82, 2.24) is 4.98 Å². The number of nitriles is 1. The van der Waals surface area contributed by atoms with Gasteiger partial charge in [-0.2, -0.15) is 18.4 Å². The number of fused-ring (bicyclic) bond motifs is 1. The van der Waals surface area contributed by atoms with Crippen molar-refractivity contribution in [3.05, 3.63) is 77.1 Å². The zero-order valence-corrected chi connectivity index (χ0v) is 15.3. The summed E-state index contributed by atoms with van der Waals surface area (Å²) in [5, 5.41) is 14.7. The van der Waals surface area contributed by atoms with Gasteiger partial charge in [-0.25, -0.2) is 0 Å². The van der Waals surface area contributed by atoms with Crippen LogP contribution >= 0.6 is 11.6 Å². The van der Waals surface area contributed by atoms with Crippen molar-refractivity contribution in [3.63, 3.8) is 0 Å². The van der Waals surface area contributed by atoms with E-state index < -0.39 is 22.7 Å². The number of hydrogen-bond donors (Lipinski definition) is 2. The van der Waals surface area contributed by atoms with Gasteiger partial charge in [0.1, 0.15) is 11.6 Å². The zero-order valence-electron chi connectivity index (χ0n) is 14.6. The maximum Gasteiger partial charge on any atom is 0.417 e. The van der Waals surface area contributed by atoms with E-state index in [1.807, 2.05) is 12.1 Å². The topological polar surface area (TPSA) is 77.8 Å². The summed E-state index contributed by atoms with van der Waals surface area (Å²) in [6, 6.07) is 13.6. The molecule has 146 valence electrons. The van der Waals surface area contributed by atoms with Gasteiger partial charge in [0.25, 0.3) is 5.91 Å². The third kappa shape index (κ3) is 4.65. The summed E-state index contributed by atoms with van der Waals surface area (Å²) in [4.78, 5) is 16.5. The Kier molecular flexibility index (Phi) is 5.71. The van der Waals surface area contributed by atoms with E-state index in [0.717, 1.165) is 11.5 Å². The van der Waals surface area contributed by atoms with Gasteiger partial charge in [0, 0.05) is 23.5 Å². The normalized spacial score (nSPS) is 11.8. The minimum atomic E-state index is -4.67. The zero-order chi connectivity index (χ0) is 21.0. The van der Waals surface area contributed by atoms with Gasteiger partial charge in [0.05, 0.1) is 21.8 Å². The van der Waals surface area contributed by atoms with Crippen molar-refractivity contribution < 1.29 is 18.0 Å². The van der Waals surface area contributed by atoms with E-state index in [2.05, 4.69) is 15.6 Å². The molecule has 0 aliphatic heterocycles. The van der Waals surface area contributed by atoms with Gasteiger partial charge in [0.15, 0.2) is 0 Å². The number of anilines is 2. The Morgan fingerprint density at radius 2 is 1.93 bits per heavy atom. The summed E-state index contributed by atoms with van der Waals surface area (Å²) in [5.74, 6) is -0.872. The summed E-state index contributed by atoms with van der Waals surface area (Å²) in [6.45, 7) is 0. The monoisotopic (exact) mass is 416 g/mol. The van der Waals surface area contributed by atoms with E-state index in [-0.39, 0.29) is 11.3 Å². The number of nitrogens with one attached hydrogen (secondary N) is 2. The van der Waals surface area contributed by atoms with Gasteiger partial charge in [0.2, 0.25) is 0 Å². The van der Waals surface area contributed by atoms with Crippen LogP contribution in [-0.2, 0) is 11.0 Å². The molecule has 0 saturated carbocycles. The molecular formula is C20H12ClF3N4O. The Balaban J connectivity index is 1.82. The van der Waals surface area contributed by atoms with E-state index in [1.54, 1.807) is 30.5 Å². The molecule has 1 heterocycles. The summed E-state index contributed by atoms with van der Waals surface area (Å²) in [7, 11) is 0. The number of nitrogens with zero attached hydrogens (tertiary/aromatic N) is 2. The van der Waals surface area contributed by atoms with Gasteiger partial charge in [-0.3, -0.25) is 9.78 Å². The van der Waals surface area contributed by atoms with Crippen LogP contribution in [0.25, 0.3) is 10.9 Å². The molecule has 2 N–H and O–H groups in total. The van der Waals surface area contributed by atoms with Crippen molar-refractivity contribution in [2.75, 3.05) is 10.6 Å². The minimum Gasteiger partial charge on any atom is -0.358 e. The molecule has 0 atom stereocenters. The third-order valence-corrected chi connectivity index (χ3v) is 4.23. The molecule has 0 aliphatic carbocycles. The lowest BCUT2D eigenvalue weighted by molar-refractivity contribution is -0.137. The van der Waals surface area contributed by atoms with Gasteiger partial charge in [-0.05, 0) is 30.3 Å². The summed E-state index contributed by atoms with van der Waals surface area (Å²) in [6.07, 6.45) is -1.90. The fourth-order valence-corrected chi connectivity index (χ4v) is 2.76. The van der Waals surface area contributed by atoms with Crippen molar-refractivity contribution in [3.8, 4) is 6.07 Å². The first-order valence-electron chi connectivity index (χ1n) is 8.18. The minimum absolute atomic E-state index is 0.139. The Bertz CT molecular complexity index is 1150. The molecular weight excluding hydrogens is 405 g/mol. The van der Waals surface area contributed by atoms with Crippen LogP contribution in [0, 0.1) is 11.3 Å². The number of aromatic nitrogens is 1. The first-order valence-corrected chi connectivity index (χ1v) is 8.56. The highest BCUT2D eigenvalue weighted by Gasteiger charge is 2.33. The fourth-order valence-electron chi connectivity index (χ4n) is 2.54. The van der Waals surface area contributed by atoms with Crippen LogP contribution in [0.1, 0.15) is 5.56 Å². The lowest BCUT2D eigenvalue weighted by Gasteiger charge is -2.11. The van der Waals surface area contributed by atoms with Crippen molar-refractivity contribution in [1.29, 1.82) is 5.26 Å². The molecule has 1 aromatic heterocycles. The number of benzene rings is 2. The first-order chi connectivity index (χ1) is 13.8. The lowest BCUT2D eigenvalue weighted by atomic mass is 10.1. The van der Waals surface area contributed by atoms with Crippen molar-refractivity contribution >= 4 is 39.8 Å². The molecule has 5 nitrogen and oxygen atoms in total. The Morgan fingerprint density at radius 3 is 2.66 bits per heavy atom. The number of halogens is 4. The Morgan fingerprint density at radius 1 is 1.17 bits per heavy atom. The van der Waals surface area contributed by atoms with Crippen molar-refractivity contribution in [2.24, 2.45) is 0 Å². The smallest absolute Gasteiger partial charge is 0.358 e. The SMILES string of the molecule is N#C/C(=C/Nc1cccc2cccnc12)C(=O)Nc1ccc(Cl)c(C(F)(F)F)c1. The predicted molar refractivity (Wildman–Crippen MR) is 104 cm³/mol. The largest absolute Gasteiger partial charge is 0.417 e. The number of rotatable bonds is 4. The first kappa shape index (κ1) is 20.2. The second-order valence-electron chi connectivity index (χ2n) is 5.84. The second kappa shape index (κ2) is 8.20. The number of alkyl halides is 3. The van der Waals surface area contributed by atoms with E-state index >= 15 is 0 Å². The van der Waals surface area contributed by atoms with Crippen molar-refractivity contribution in [2.45, 2.75) is 6.18 Å². The predicted octanol–water partition coefficient (Wildman–Crippen LogP) is 5.37. The molecule has 0 fully saturated rings. The highest BCUT2D eigenvalue weighted by atomic mass is 35.5. The number of hydrogen-bond acceptors (Lipinski definition) is 4. The average Bonchev–Trinajstić information content (AvgIpc) is 2.69. The lowest BCUT2D eigenvalue weighted by Crippen LogP contribution is -2.15. The van der Waals surface area contributed by atoms with Gasteiger partial charge in [-0.1, -0.05) is 29.8 Å². The Hall–Kier alpha value is -3.57. The summed E-state index contributed by atoms with van der Waals surface area (Å²) in [5.41, 5.74) is -0.355. The maximum atomic E-state index is 13.0. The molecule has 0 radical (unpaired) electrons. The number of para-hydroxylation sites is 1. The molecule has 0 bridgehead atoms. The molecule has 0 saturated heterocycles. The summed E-state index contributed by atoms with van der Waals surface area (Å²) < 4.78 is 38.9. The molecule has 0 unspecified atom stereocenters. The van der Waals surface area contributed by atoms with E-state index in [0.29, 0.717) is 17.3 Å². The van der Waals surface area contributed by atoms with Crippen LogP contribution in [0.4, 0.5) is 24.5 Å². The van der Waals surface area contributed by atoms with Crippen LogP contribution < -0.4 is 10.6 Å². The molecule has 9 heteroatoms. The number of pyridine rings is 1. The van der Waals surface area contributed by atoms with Crippen LogP contribution in [0.5, 0.6) is 0 Å². The molecule has 2 aromatic carbocycles. The summed E-state index contributed by atoms with van der Waals surface area (Å²) >= 11 is 5.56. The molecule has 3 rings (SSSR count). The highest BCUT2D eigenvalue weighted by molar-refractivity contribution is 6.31. The fraction of sp³-hybridized carbons (Fsp3) is 0.0500. The number of carbonyl (C=O) groups excluding carboxylic acids is 1. The maximum absolute atomic E-state index is 13.0. The second-order valence-corrected chi connectivity index (χ2v) is 6.25. The molecule has 0 spiro atoms.